The summed E-state index contributed by atoms with van der Waals surface area (Å²) in [6.07, 6.45) is 0.838. The molecule has 0 amide bonds. The van der Waals surface area contributed by atoms with Crippen LogP contribution in [0.3, 0.4) is 0 Å². The Kier molecular flexibility index (Phi) is 4.49. The molecule has 0 fully saturated rings. The maximum Gasteiger partial charge on any atom is 0.238 e. The molecule has 2 aromatic rings. The highest BCUT2D eigenvalue weighted by Gasteiger charge is 2.16. The molecule has 0 unspecified atom stereocenters. The van der Waals surface area contributed by atoms with Crippen molar-refractivity contribution in [3.05, 3.63) is 18.0 Å². The second-order valence-corrected chi connectivity index (χ2v) is 7.21. The number of aromatic nitrogens is 3. The molecule has 0 aliphatic rings. The first-order valence-electron chi connectivity index (χ1n) is 6.33. The molecule has 108 valence electrons. The zero-order valence-electron chi connectivity index (χ0n) is 12.0. The zero-order valence-corrected chi connectivity index (χ0v) is 13.6. The lowest BCUT2D eigenvalue weighted by Gasteiger charge is -2.21. The van der Waals surface area contributed by atoms with Crippen LogP contribution in [0.1, 0.15) is 33.5 Å². The lowest BCUT2D eigenvalue weighted by Crippen LogP contribution is -2.24. The van der Waals surface area contributed by atoms with Gasteiger partial charge in [0, 0.05) is 6.42 Å². The van der Waals surface area contributed by atoms with E-state index in [9.17, 15) is 0 Å². The van der Waals surface area contributed by atoms with Gasteiger partial charge in [-0.3, -0.25) is 0 Å². The highest BCUT2D eigenvalue weighted by Crippen LogP contribution is 2.32. The van der Waals surface area contributed by atoms with Crippen LogP contribution in [-0.4, -0.2) is 19.9 Å². The molecule has 2 aromatic heterocycles. The van der Waals surface area contributed by atoms with Gasteiger partial charge in [0.25, 0.3) is 0 Å². The van der Waals surface area contributed by atoms with Crippen molar-refractivity contribution in [1.29, 1.82) is 0 Å². The molecule has 2 N–H and O–H groups in total. The quantitative estimate of drug-likeness (QED) is 0.933. The fourth-order valence-corrected chi connectivity index (χ4v) is 2.99. The molecule has 0 saturated carbocycles. The molecule has 0 bridgehead atoms. The smallest absolute Gasteiger partial charge is 0.238 e. The van der Waals surface area contributed by atoms with E-state index in [1.807, 2.05) is 33.8 Å². The number of nitrogens with zero attached hydrogens (tertiary/aromatic N) is 3. The molecule has 5 nitrogen and oxygen atoms in total. The molecule has 20 heavy (non-hydrogen) atoms. The lowest BCUT2D eigenvalue weighted by molar-refractivity contribution is 0.124. The Morgan fingerprint density at radius 1 is 1.30 bits per heavy atom. The highest BCUT2D eigenvalue weighted by molar-refractivity contribution is 8.00. The Bertz CT molecular complexity index is 592. The summed E-state index contributed by atoms with van der Waals surface area (Å²) in [4.78, 5) is 8.85. The van der Waals surface area contributed by atoms with Crippen molar-refractivity contribution in [3.63, 3.8) is 0 Å². The molecule has 2 rings (SSSR count). The largest absolute Gasteiger partial charge is 0.470 e. The van der Waals surface area contributed by atoms with E-state index < -0.39 is 0 Å². The average Bonchev–Trinajstić information content (AvgIpc) is 2.79. The number of hydrogen-bond donors (Lipinski definition) is 1. The number of pyridine rings is 1. The van der Waals surface area contributed by atoms with Gasteiger partial charge in [-0.1, -0.05) is 6.92 Å². The van der Waals surface area contributed by atoms with Crippen molar-refractivity contribution in [2.45, 2.75) is 49.1 Å². The van der Waals surface area contributed by atoms with E-state index in [0.717, 1.165) is 21.6 Å². The van der Waals surface area contributed by atoms with Gasteiger partial charge >= 0.3 is 0 Å². The monoisotopic (exact) mass is 310 g/mol. The van der Waals surface area contributed by atoms with Crippen molar-refractivity contribution in [1.82, 2.24) is 14.3 Å². The molecule has 7 heteroatoms. The number of nitrogens with two attached hydrogens (primary N) is 1. The number of rotatable bonds is 4. The van der Waals surface area contributed by atoms with Gasteiger partial charge in [0.05, 0.1) is 5.69 Å². The molecule has 0 aromatic carbocycles. The lowest BCUT2D eigenvalue weighted by atomic mass is 10.2. The number of hydrogen-bond acceptors (Lipinski definition) is 7. The first-order valence-corrected chi connectivity index (χ1v) is 7.92. The number of ether oxygens (including phenoxy) is 1. The van der Waals surface area contributed by atoms with Gasteiger partial charge in [0.1, 0.15) is 16.5 Å². The fraction of sp³-hybridized carbons (Fsp3) is 0.462. The third-order valence-electron chi connectivity index (χ3n) is 2.22. The van der Waals surface area contributed by atoms with Crippen LogP contribution in [0, 0.1) is 0 Å². The molecule has 2 heterocycles. The third kappa shape index (κ3) is 4.08. The number of anilines is 1. The van der Waals surface area contributed by atoms with E-state index in [4.69, 9.17) is 10.5 Å². The van der Waals surface area contributed by atoms with E-state index in [0.29, 0.717) is 11.6 Å². The highest BCUT2D eigenvalue weighted by atomic mass is 32.2. The topological polar surface area (TPSA) is 73.9 Å². The Hall–Kier alpha value is -1.34. The van der Waals surface area contributed by atoms with Gasteiger partial charge in [-0.2, -0.15) is 4.37 Å². The van der Waals surface area contributed by atoms with Crippen LogP contribution < -0.4 is 10.5 Å². The first kappa shape index (κ1) is 15.1. The van der Waals surface area contributed by atoms with E-state index >= 15 is 0 Å². The van der Waals surface area contributed by atoms with Gasteiger partial charge in [-0.15, -0.1) is 0 Å². The molecule has 0 aliphatic carbocycles. The standard InChI is InChI=1S/C13H18N4OS2/c1-5-9-15-12(20-17-9)19-10-7-6-8(14)11(16-10)18-13(2,3)4/h6-7H,5,14H2,1-4H3. The minimum atomic E-state index is -0.331. The average molecular weight is 310 g/mol. The van der Waals surface area contributed by atoms with Crippen LogP contribution in [0.25, 0.3) is 0 Å². The molecular formula is C13H18N4OS2. The Balaban J connectivity index is 2.18. The van der Waals surface area contributed by atoms with Crippen molar-refractivity contribution in [2.75, 3.05) is 5.73 Å². The zero-order chi connectivity index (χ0) is 14.8. The van der Waals surface area contributed by atoms with E-state index in [1.54, 1.807) is 6.07 Å². The second kappa shape index (κ2) is 5.97. The van der Waals surface area contributed by atoms with Crippen LogP contribution in [0.5, 0.6) is 5.88 Å². The number of nitrogen functional groups attached to an aromatic ring is 1. The predicted molar refractivity (Wildman–Crippen MR) is 82.4 cm³/mol. The van der Waals surface area contributed by atoms with Crippen LogP contribution in [0.15, 0.2) is 21.5 Å². The summed E-state index contributed by atoms with van der Waals surface area (Å²) in [7, 11) is 0. The van der Waals surface area contributed by atoms with Crippen molar-refractivity contribution < 1.29 is 4.74 Å². The molecule has 0 atom stereocenters. The number of aryl methyl sites for hydroxylation is 1. The van der Waals surface area contributed by atoms with Crippen molar-refractivity contribution in [3.8, 4) is 5.88 Å². The summed E-state index contributed by atoms with van der Waals surface area (Å²) in [5, 5.41) is 0.803. The third-order valence-corrected chi connectivity index (χ3v) is 3.95. The fourth-order valence-electron chi connectivity index (χ4n) is 1.38. The summed E-state index contributed by atoms with van der Waals surface area (Å²) in [6, 6.07) is 3.67. The van der Waals surface area contributed by atoms with Crippen molar-refractivity contribution in [2.24, 2.45) is 0 Å². The van der Waals surface area contributed by atoms with Crippen LogP contribution >= 0.6 is 23.3 Å². The predicted octanol–water partition coefficient (Wildman–Crippen LogP) is 3.41. The molecular weight excluding hydrogens is 292 g/mol. The molecule has 0 spiro atoms. The summed E-state index contributed by atoms with van der Waals surface area (Å²) in [6.45, 7) is 7.93. The first-order chi connectivity index (χ1) is 9.37. The summed E-state index contributed by atoms with van der Waals surface area (Å²) in [5.74, 6) is 1.32. The molecule has 0 saturated heterocycles. The maximum absolute atomic E-state index is 5.89. The molecule has 0 radical (unpaired) electrons. The van der Waals surface area contributed by atoms with Crippen LogP contribution in [-0.2, 0) is 6.42 Å². The summed E-state index contributed by atoms with van der Waals surface area (Å²) >= 11 is 2.85. The maximum atomic E-state index is 5.89. The Labute approximate surface area is 127 Å². The summed E-state index contributed by atoms with van der Waals surface area (Å²) < 4.78 is 10.9. The Morgan fingerprint density at radius 2 is 2.05 bits per heavy atom. The minimum absolute atomic E-state index is 0.331. The van der Waals surface area contributed by atoms with Gasteiger partial charge < -0.3 is 10.5 Å². The second-order valence-electron chi connectivity index (χ2n) is 5.19. The van der Waals surface area contributed by atoms with Gasteiger partial charge in [-0.25, -0.2) is 9.97 Å². The van der Waals surface area contributed by atoms with Gasteiger partial charge in [-0.05, 0) is 56.2 Å². The van der Waals surface area contributed by atoms with E-state index in [1.165, 1.54) is 23.3 Å². The van der Waals surface area contributed by atoms with E-state index in [2.05, 4.69) is 14.3 Å². The van der Waals surface area contributed by atoms with Gasteiger partial charge in [0.2, 0.25) is 5.88 Å². The van der Waals surface area contributed by atoms with Crippen LogP contribution in [0.4, 0.5) is 5.69 Å². The minimum Gasteiger partial charge on any atom is -0.470 e. The normalized spacial score (nSPS) is 11.6. The Morgan fingerprint density at radius 3 is 2.65 bits per heavy atom. The molecule has 0 aliphatic heterocycles. The summed E-state index contributed by atoms with van der Waals surface area (Å²) in [5.41, 5.74) is 6.10. The van der Waals surface area contributed by atoms with E-state index in [-0.39, 0.29) is 5.60 Å². The van der Waals surface area contributed by atoms with Gasteiger partial charge in [0.15, 0.2) is 4.34 Å². The van der Waals surface area contributed by atoms with Crippen molar-refractivity contribution >= 4 is 29.0 Å². The SMILES string of the molecule is CCc1nsc(Sc2ccc(N)c(OC(C)(C)C)n2)n1. The van der Waals surface area contributed by atoms with Crippen LogP contribution in [0.2, 0.25) is 0 Å².